The zero-order valence-electron chi connectivity index (χ0n) is 15.4. The Morgan fingerprint density at radius 1 is 1.22 bits per heavy atom. The van der Waals surface area contributed by atoms with Crippen molar-refractivity contribution in [2.24, 2.45) is 0 Å². The van der Waals surface area contributed by atoms with Crippen LogP contribution in [0.25, 0.3) is 11.1 Å². The van der Waals surface area contributed by atoms with E-state index in [1.165, 1.54) is 6.33 Å². The second-order valence-electron chi connectivity index (χ2n) is 6.57. The van der Waals surface area contributed by atoms with Crippen molar-refractivity contribution >= 4 is 5.91 Å². The van der Waals surface area contributed by atoms with E-state index in [1.807, 2.05) is 36.9 Å². The number of nitrogens with zero attached hydrogens (tertiary/aromatic N) is 5. The van der Waals surface area contributed by atoms with Crippen molar-refractivity contribution in [3.8, 4) is 16.9 Å². The second kappa shape index (κ2) is 7.19. The molecule has 0 aliphatic carbocycles. The number of benzene rings is 1. The van der Waals surface area contributed by atoms with Crippen LogP contribution in [0.4, 0.5) is 0 Å². The van der Waals surface area contributed by atoms with E-state index in [0.29, 0.717) is 25.4 Å². The second-order valence-corrected chi connectivity index (χ2v) is 6.57. The first-order chi connectivity index (χ1) is 13.2. The Hall–Kier alpha value is -3.22. The first-order valence-corrected chi connectivity index (χ1v) is 9.01. The molecule has 1 aliphatic rings. The highest BCUT2D eigenvalue weighted by Gasteiger charge is 2.28. The van der Waals surface area contributed by atoms with Gasteiger partial charge in [0.2, 0.25) is 0 Å². The maximum absolute atomic E-state index is 13.2. The largest absolute Gasteiger partial charge is 0.491 e. The molecule has 0 saturated heterocycles. The van der Waals surface area contributed by atoms with Crippen LogP contribution in [-0.4, -0.2) is 43.2 Å². The minimum atomic E-state index is -0.0476. The van der Waals surface area contributed by atoms with E-state index in [4.69, 9.17) is 4.74 Å². The first-order valence-electron chi connectivity index (χ1n) is 9.01. The lowest BCUT2D eigenvalue weighted by molar-refractivity contribution is 0.0633. The molecule has 4 rings (SSSR count). The van der Waals surface area contributed by atoms with Gasteiger partial charge in [0.15, 0.2) is 0 Å². The molecule has 3 heterocycles. The van der Waals surface area contributed by atoms with Crippen molar-refractivity contribution in [3.63, 3.8) is 0 Å². The first kappa shape index (κ1) is 17.2. The summed E-state index contributed by atoms with van der Waals surface area (Å²) < 4.78 is 7.68. The topological polar surface area (TPSA) is 73.1 Å². The summed E-state index contributed by atoms with van der Waals surface area (Å²) in [6, 6.07) is 7.71. The zero-order valence-corrected chi connectivity index (χ0v) is 15.4. The van der Waals surface area contributed by atoms with Gasteiger partial charge in [0.05, 0.1) is 12.6 Å². The highest BCUT2D eigenvalue weighted by atomic mass is 16.5. The molecule has 7 heteroatoms. The van der Waals surface area contributed by atoms with Crippen molar-refractivity contribution in [3.05, 3.63) is 60.4 Å². The average molecular weight is 363 g/mol. The molecular weight excluding hydrogens is 342 g/mol. The van der Waals surface area contributed by atoms with Crippen LogP contribution in [0.1, 0.15) is 29.9 Å². The van der Waals surface area contributed by atoms with Crippen LogP contribution in [0.15, 0.2) is 49.2 Å². The van der Waals surface area contributed by atoms with Crippen molar-refractivity contribution in [2.45, 2.75) is 33.0 Å². The third-order valence-electron chi connectivity index (χ3n) is 4.80. The Morgan fingerprint density at radius 3 is 2.81 bits per heavy atom. The molecule has 0 radical (unpaired) electrons. The van der Waals surface area contributed by atoms with Crippen LogP contribution < -0.4 is 4.74 Å². The predicted molar refractivity (Wildman–Crippen MR) is 100 cm³/mol. The van der Waals surface area contributed by atoms with Gasteiger partial charge in [0, 0.05) is 36.3 Å². The molecule has 0 fully saturated rings. The summed E-state index contributed by atoms with van der Waals surface area (Å²) >= 11 is 0. The smallest absolute Gasteiger partial charge is 0.272 e. The van der Waals surface area contributed by atoms with Gasteiger partial charge in [-0.2, -0.15) is 5.10 Å². The highest BCUT2D eigenvalue weighted by Crippen LogP contribution is 2.30. The molecule has 0 saturated carbocycles. The molecule has 2 aromatic heterocycles. The van der Waals surface area contributed by atoms with E-state index >= 15 is 0 Å². The SMILES string of the molecule is CCn1nccc1C(=O)N1Cc2cc(-c3cncnc3)ccc2OC[C@H]1C. The molecule has 1 aliphatic heterocycles. The maximum Gasteiger partial charge on any atom is 0.272 e. The van der Waals surface area contributed by atoms with E-state index in [0.717, 1.165) is 22.4 Å². The van der Waals surface area contributed by atoms with E-state index < -0.39 is 0 Å². The van der Waals surface area contributed by atoms with E-state index in [-0.39, 0.29) is 11.9 Å². The molecule has 27 heavy (non-hydrogen) atoms. The van der Waals surface area contributed by atoms with Gasteiger partial charge in [-0.25, -0.2) is 9.97 Å². The van der Waals surface area contributed by atoms with Crippen molar-refractivity contribution in [1.29, 1.82) is 0 Å². The number of amides is 1. The number of aryl methyl sites for hydroxylation is 1. The molecule has 0 N–H and O–H groups in total. The Bertz CT molecular complexity index is 954. The number of carbonyl (C=O) groups excluding carboxylic acids is 1. The number of fused-ring (bicyclic) bond motifs is 1. The average Bonchev–Trinajstić information content (AvgIpc) is 3.13. The molecule has 1 amide bonds. The number of ether oxygens (including phenoxy) is 1. The fourth-order valence-corrected chi connectivity index (χ4v) is 3.30. The summed E-state index contributed by atoms with van der Waals surface area (Å²) in [4.78, 5) is 23.2. The van der Waals surface area contributed by atoms with Gasteiger partial charge < -0.3 is 9.64 Å². The summed E-state index contributed by atoms with van der Waals surface area (Å²) in [5.74, 6) is 0.772. The Balaban J connectivity index is 1.68. The van der Waals surface area contributed by atoms with Crippen molar-refractivity contribution in [2.75, 3.05) is 6.61 Å². The van der Waals surface area contributed by atoms with Crippen molar-refractivity contribution in [1.82, 2.24) is 24.6 Å². The fourth-order valence-electron chi connectivity index (χ4n) is 3.30. The highest BCUT2D eigenvalue weighted by molar-refractivity contribution is 5.92. The van der Waals surface area contributed by atoms with Crippen LogP contribution in [0.2, 0.25) is 0 Å². The minimum absolute atomic E-state index is 0.0354. The summed E-state index contributed by atoms with van der Waals surface area (Å²) in [6.45, 7) is 5.56. The molecule has 0 spiro atoms. The Labute approximate surface area is 157 Å². The number of hydrogen-bond donors (Lipinski definition) is 0. The molecule has 7 nitrogen and oxygen atoms in total. The van der Waals surface area contributed by atoms with Crippen LogP contribution in [-0.2, 0) is 13.1 Å². The monoisotopic (exact) mass is 363 g/mol. The minimum Gasteiger partial charge on any atom is -0.491 e. The summed E-state index contributed by atoms with van der Waals surface area (Å²) in [5.41, 5.74) is 3.50. The molecule has 0 bridgehead atoms. The molecule has 0 unspecified atom stereocenters. The van der Waals surface area contributed by atoms with Crippen LogP contribution >= 0.6 is 0 Å². The number of aromatic nitrogens is 4. The zero-order chi connectivity index (χ0) is 18.8. The van der Waals surface area contributed by atoms with Gasteiger partial charge >= 0.3 is 0 Å². The summed E-state index contributed by atoms with van der Waals surface area (Å²) in [5, 5.41) is 4.22. The maximum atomic E-state index is 13.2. The van der Waals surface area contributed by atoms with Gasteiger partial charge in [0.25, 0.3) is 5.91 Å². The number of rotatable bonds is 3. The van der Waals surface area contributed by atoms with Crippen LogP contribution in [0.3, 0.4) is 0 Å². The van der Waals surface area contributed by atoms with Gasteiger partial charge in [-0.05, 0) is 37.6 Å². The number of hydrogen-bond acceptors (Lipinski definition) is 5. The van der Waals surface area contributed by atoms with Gasteiger partial charge in [0.1, 0.15) is 24.4 Å². The lowest BCUT2D eigenvalue weighted by Gasteiger charge is -2.26. The molecular formula is C20H21N5O2. The Morgan fingerprint density at radius 2 is 2.04 bits per heavy atom. The van der Waals surface area contributed by atoms with Crippen LogP contribution in [0.5, 0.6) is 5.75 Å². The lowest BCUT2D eigenvalue weighted by atomic mass is 10.0. The molecule has 1 atom stereocenters. The van der Waals surface area contributed by atoms with E-state index in [1.54, 1.807) is 29.3 Å². The predicted octanol–water partition coefficient (Wildman–Crippen LogP) is 2.78. The quantitative estimate of drug-likeness (QED) is 0.715. The van der Waals surface area contributed by atoms with Gasteiger partial charge in [-0.15, -0.1) is 0 Å². The third-order valence-corrected chi connectivity index (χ3v) is 4.80. The van der Waals surface area contributed by atoms with Gasteiger partial charge in [-0.3, -0.25) is 9.48 Å². The summed E-state index contributed by atoms with van der Waals surface area (Å²) in [6.07, 6.45) is 6.72. The summed E-state index contributed by atoms with van der Waals surface area (Å²) in [7, 11) is 0. The molecule has 138 valence electrons. The van der Waals surface area contributed by atoms with E-state index in [9.17, 15) is 4.79 Å². The molecule has 3 aromatic rings. The van der Waals surface area contributed by atoms with Crippen LogP contribution in [0, 0.1) is 0 Å². The van der Waals surface area contributed by atoms with Gasteiger partial charge in [-0.1, -0.05) is 6.07 Å². The van der Waals surface area contributed by atoms with Crippen molar-refractivity contribution < 1.29 is 9.53 Å². The number of carbonyl (C=O) groups is 1. The lowest BCUT2D eigenvalue weighted by Crippen LogP contribution is -2.40. The van der Waals surface area contributed by atoms with E-state index in [2.05, 4.69) is 15.1 Å². The Kier molecular flexibility index (Phi) is 4.58. The molecule has 1 aromatic carbocycles. The third kappa shape index (κ3) is 3.28. The standard InChI is InChI=1S/C20H21N5O2/c1-3-25-18(6-7-23-25)20(26)24-11-16-8-15(17-9-21-13-22-10-17)4-5-19(16)27-12-14(24)2/h4-10,13-14H,3,11-12H2,1-2H3/t14-/m1/s1. The normalized spacial score (nSPS) is 16.4. The fraction of sp³-hybridized carbons (Fsp3) is 0.300.